The first-order valence-corrected chi connectivity index (χ1v) is 5.56. The zero-order chi connectivity index (χ0) is 12.3. The number of ether oxygens (including phenoxy) is 1. The van der Waals surface area contributed by atoms with Crippen molar-refractivity contribution in [1.29, 1.82) is 0 Å². The Balaban J connectivity index is 2.10. The summed E-state index contributed by atoms with van der Waals surface area (Å²) in [4.78, 5) is 0. The predicted octanol–water partition coefficient (Wildman–Crippen LogP) is 3.08. The van der Waals surface area contributed by atoms with Gasteiger partial charge < -0.3 is 16.2 Å². The number of rotatable bonds is 3. The number of halogens is 1. The highest BCUT2D eigenvalue weighted by Gasteiger charge is 2.03. The quantitative estimate of drug-likeness (QED) is 0.821. The molecule has 0 heterocycles. The zero-order valence-corrected chi connectivity index (χ0v) is 9.95. The van der Waals surface area contributed by atoms with Gasteiger partial charge in [0.15, 0.2) is 0 Å². The summed E-state index contributed by atoms with van der Waals surface area (Å²) in [5.41, 5.74) is 13.5. The standard InChI is InChI=1S/C13H13ClN2O/c14-11-4-2-1-3-9(11)8-17-13-6-5-10(15)7-12(13)16/h1-7H,8,15-16H2. The van der Waals surface area contributed by atoms with Crippen LogP contribution in [0.3, 0.4) is 0 Å². The third kappa shape index (κ3) is 2.82. The van der Waals surface area contributed by atoms with Gasteiger partial charge in [-0.2, -0.15) is 0 Å². The molecular weight excluding hydrogens is 236 g/mol. The molecule has 2 aromatic rings. The molecule has 0 saturated carbocycles. The van der Waals surface area contributed by atoms with Crippen LogP contribution in [0.4, 0.5) is 11.4 Å². The van der Waals surface area contributed by atoms with Crippen molar-refractivity contribution in [2.24, 2.45) is 0 Å². The molecule has 0 aromatic heterocycles. The number of nitrogen functional groups attached to an aromatic ring is 2. The van der Waals surface area contributed by atoms with Gasteiger partial charge in [-0.05, 0) is 24.3 Å². The third-order valence-corrected chi connectivity index (χ3v) is 2.74. The molecular formula is C13H13ClN2O. The first-order chi connectivity index (χ1) is 8.16. The molecule has 2 aromatic carbocycles. The highest BCUT2D eigenvalue weighted by atomic mass is 35.5. The van der Waals surface area contributed by atoms with E-state index in [-0.39, 0.29) is 0 Å². The fourth-order valence-corrected chi connectivity index (χ4v) is 1.66. The van der Waals surface area contributed by atoms with Crippen LogP contribution in [0.15, 0.2) is 42.5 Å². The Bertz CT molecular complexity index is 529. The molecule has 0 aliphatic heterocycles. The van der Waals surface area contributed by atoms with Crippen molar-refractivity contribution in [3.05, 3.63) is 53.1 Å². The molecule has 4 N–H and O–H groups in total. The molecule has 0 aliphatic rings. The van der Waals surface area contributed by atoms with Gasteiger partial charge in [-0.1, -0.05) is 29.8 Å². The molecule has 0 amide bonds. The van der Waals surface area contributed by atoms with Crippen molar-refractivity contribution < 1.29 is 4.74 Å². The molecule has 3 nitrogen and oxygen atoms in total. The summed E-state index contributed by atoms with van der Waals surface area (Å²) in [6.45, 7) is 0.383. The Labute approximate surface area is 105 Å². The van der Waals surface area contributed by atoms with Crippen molar-refractivity contribution in [3.63, 3.8) is 0 Å². The maximum absolute atomic E-state index is 6.02. The van der Waals surface area contributed by atoms with Gasteiger partial charge in [0, 0.05) is 16.3 Å². The molecule has 0 atom stereocenters. The monoisotopic (exact) mass is 248 g/mol. The van der Waals surface area contributed by atoms with Crippen LogP contribution >= 0.6 is 11.6 Å². The number of anilines is 2. The van der Waals surface area contributed by atoms with E-state index in [0.717, 1.165) is 5.56 Å². The van der Waals surface area contributed by atoms with E-state index in [1.54, 1.807) is 18.2 Å². The number of nitrogens with two attached hydrogens (primary N) is 2. The predicted molar refractivity (Wildman–Crippen MR) is 71.1 cm³/mol. The van der Waals surface area contributed by atoms with Crippen LogP contribution in [0, 0.1) is 0 Å². The maximum atomic E-state index is 6.02. The SMILES string of the molecule is Nc1ccc(OCc2ccccc2Cl)c(N)c1. The summed E-state index contributed by atoms with van der Waals surface area (Å²) in [6, 6.07) is 12.7. The second kappa shape index (κ2) is 4.97. The molecule has 17 heavy (non-hydrogen) atoms. The second-order valence-corrected chi connectivity index (χ2v) is 4.08. The molecule has 4 heteroatoms. The van der Waals surface area contributed by atoms with Crippen LogP contribution in [-0.2, 0) is 6.61 Å². The van der Waals surface area contributed by atoms with Crippen LogP contribution in [0.2, 0.25) is 5.02 Å². The molecule has 0 bridgehead atoms. The average molecular weight is 249 g/mol. The topological polar surface area (TPSA) is 61.3 Å². The Morgan fingerprint density at radius 2 is 1.82 bits per heavy atom. The van der Waals surface area contributed by atoms with Gasteiger partial charge in [0.05, 0.1) is 5.69 Å². The van der Waals surface area contributed by atoms with E-state index in [9.17, 15) is 0 Å². The smallest absolute Gasteiger partial charge is 0.142 e. The first-order valence-electron chi connectivity index (χ1n) is 5.18. The number of hydrogen-bond acceptors (Lipinski definition) is 3. The molecule has 0 aliphatic carbocycles. The molecule has 0 unspecified atom stereocenters. The lowest BCUT2D eigenvalue weighted by Crippen LogP contribution is -2.00. The lowest BCUT2D eigenvalue weighted by Gasteiger charge is -2.10. The molecule has 88 valence electrons. The largest absolute Gasteiger partial charge is 0.487 e. The van der Waals surface area contributed by atoms with E-state index in [2.05, 4.69) is 0 Å². The Kier molecular flexibility index (Phi) is 3.40. The third-order valence-electron chi connectivity index (χ3n) is 2.37. The number of benzene rings is 2. The van der Waals surface area contributed by atoms with E-state index in [1.165, 1.54) is 0 Å². The van der Waals surface area contributed by atoms with Crippen LogP contribution < -0.4 is 16.2 Å². The first kappa shape index (κ1) is 11.6. The Hall–Kier alpha value is -1.87. The summed E-state index contributed by atoms with van der Waals surface area (Å²) in [6.07, 6.45) is 0. The van der Waals surface area contributed by atoms with Crippen LogP contribution in [0.5, 0.6) is 5.75 Å². The summed E-state index contributed by atoms with van der Waals surface area (Å²) in [7, 11) is 0. The highest BCUT2D eigenvalue weighted by molar-refractivity contribution is 6.31. The second-order valence-electron chi connectivity index (χ2n) is 3.68. The minimum Gasteiger partial charge on any atom is -0.487 e. The summed E-state index contributed by atoms with van der Waals surface area (Å²) < 4.78 is 5.59. The van der Waals surface area contributed by atoms with Crippen LogP contribution in [0.1, 0.15) is 5.56 Å². The maximum Gasteiger partial charge on any atom is 0.142 e. The van der Waals surface area contributed by atoms with E-state index in [4.69, 9.17) is 27.8 Å². The fourth-order valence-electron chi connectivity index (χ4n) is 1.47. The minimum atomic E-state index is 0.383. The van der Waals surface area contributed by atoms with E-state index >= 15 is 0 Å². The van der Waals surface area contributed by atoms with Gasteiger partial charge in [-0.15, -0.1) is 0 Å². The molecule has 0 spiro atoms. The summed E-state index contributed by atoms with van der Waals surface area (Å²) in [5.74, 6) is 0.610. The van der Waals surface area contributed by atoms with Gasteiger partial charge in [0.1, 0.15) is 12.4 Å². The average Bonchev–Trinajstić information content (AvgIpc) is 2.30. The van der Waals surface area contributed by atoms with Crippen molar-refractivity contribution in [2.75, 3.05) is 11.5 Å². The highest BCUT2D eigenvalue weighted by Crippen LogP contribution is 2.25. The van der Waals surface area contributed by atoms with Gasteiger partial charge in [-0.3, -0.25) is 0 Å². The summed E-state index contributed by atoms with van der Waals surface area (Å²) >= 11 is 6.02. The van der Waals surface area contributed by atoms with Crippen LogP contribution in [0.25, 0.3) is 0 Å². The van der Waals surface area contributed by atoms with Gasteiger partial charge in [0.2, 0.25) is 0 Å². The lowest BCUT2D eigenvalue weighted by molar-refractivity contribution is 0.308. The molecule has 2 rings (SSSR count). The molecule has 0 saturated heterocycles. The van der Waals surface area contributed by atoms with Crippen LogP contribution in [-0.4, -0.2) is 0 Å². The fraction of sp³-hybridized carbons (Fsp3) is 0.0769. The lowest BCUT2D eigenvalue weighted by atomic mass is 10.2. The van der Waals surface area contributed by atoms with Crippen molar-refractivity contribution in [2.45, 2.75) is 6.61 Å². The van der Waals surface area contributed by atoms with E-state index in [1.807, 2.05) is 24.3 Å². The number of hydrogen-bond donors (Lipinski definition) is 2. The Morgan fingerprint density at radius 3 is 2.53 bits per heavy atom. The van der Waals surface area contributed by atoms with E-state index in [0.29, 0.717) is 28.8 Å². The molecule has 0 radical (unpaired) electrons. The van der Waals surface area contributed by atoms with Crippen molar-refractivity contribution in [1.82, 2.24) is 0 Å². The van der Waals surface area contributed by atoms with E-state index < -0.39 is 0 Å². The minimum absolute atomic E-state index is 0.383. The Morgan fingerprint density at radius 1 is 1.06 bits per heavy atom. The van der Waals surface area contributed by atoms with Gasteiger partial charge in [-0.25, -0.2) is 0 Å². The van der Waals surface area contributed by atoms with Gasteiger partial charge in [0.25, 0.3) is 0 Å². The normalized spacial score (nSPS) is 10.2. The molecule has 0 fully saturated rings. The van der Waals surface area contributed by atoms with Crippen molar-refractivity contribution in [3.8, 4) is 5.75 Å². The van der Waals surface area contributed by atoms with Gasteiger partial charge >= 0.3 is 0 Å². The summed E-state index contributed by atoms with van der Waals surface area (Å²) in [5, 5.41) is 0.682. The zero-order valence-electron chi connectivity index (χ0n) is 9.19. The van der Waals surface area contributed by atoms with Crippen molar-refractivity contribution >= 4 is 23.0 Å².